The molecule has 4 nitrogen and oxygen atoms in total. The number of halogens is 5. The average Bonchev–Trinajstić information content (AvgIpc) is 3.80. The Morgan fingerprint density at radius 3 is 2.50 bits per heavy atom. The van der Waals surface area contributed by atoms with Gasteiger partial charge in [0, 0.05) is 50.8 Å². The van der Waals surface area contributed by atoms with Crippen LogP contribution in [-0.4, -0.2) is 36.4 Å². The largest absolute Gasteiger partial charge is 0.307 e. The summed E-state index contributed by atoms with van der Waals surface area (Å²) < 4.78 is 74.4. The van der Waals surface area contributed by atoms with Crippen molar-refractivity contribution in [3.05, 3.63) is 77.5 Å². The van der Waals surface area contributed by atoms with Gasteiger partial charge in [0.15, 0.2) is 0 Å². The Labute approximate surface area is 236 Å². The topological polar surface area (TPSA) is 54.4 Å². The fourth-order valence-corrected chi connectivity index (χ4v) is 5.21. The Bertz CT molecular complexity index is 1260. The molecule has 1 saturated carbocycles. The maximum Gasteiger partial charge on any atom is 0.273 e. The monoisotopic (exact) mass is 566 g/mol. The molecule has 221 valence electrons. The van der Waals surface area contributed by atoms with E-state index in [9.17, 15) is 13.6 Å². The molecular weight excluding hydrogens is 525 g/mol. The fraction of sp³-hybridized carbons (Fsp3) is 0.484. The summed E-state index contributed by atoms with van der Waals surface area (Å²) in [5.41, 5.74) is -0.0812. The average molecular weight is 567 g/mol. The van der Waals surface area contributed by atoms with Crippen molar-refractivity contribution < 1.29 is 29.6 Å². The van der Waals surface area contributed by atoms with Gasteiger partial charge in [0.25, 0.3) is 11.8 Å². The van der Waals surface area contributed by atoms with Gasteiger partial charge in [-0.1, -0.05) is 38.2 Å². The van der Waals surface area contributed by atoms with Crippen molar-refractivity contribution in [2.45, 2.75) is 83.2 Å². The molecule has 0 saturated heterocycles. The summed E-state index contributed by atoms with van der Waals surface area (Å²) >= 11 is 0. The third kappa shape index (κ3) is 6.61. The van der Waals surface area contributed by atoms with Crippen molar-refractivity contribution in [3.63, 3.8) is 0 Å². The molecule has 1 aromatic rings. The van der Waals surface area contributed by atoms with E-state index < -0.39 is 42.2 Å². The molecule has 0 bridgehead atoms. The second-order valence-electron chi connectivity index (χ2n) is 10.6. The molecule has 2 unspecified atom stereocenters. The van der Waals surface area contributed by atoms with E-state index in [-0.39, 0.29) is 36.8 Å². The zero-order chi connectivity index (χ0) is 29.8. The minimum atomic E-state index is -3.28. The van der Waals surface area contributed by atoms with Crippen LogP contribution >= 0.6 is 0 Å². The lowest BCUT2D eigenvalue weighted by Crippen LogP contribution is -2.37. The number of amidine groups is 1. The number of rotatable bonds is 10. The first-order chi connectivity index (χ1) is 18.8. The molecule has 3 rings (SSSR count). The predicted molar refractivity (Wildman–Crippen MR) is 153 cm³/mol. The van der Waals surface area contributed by atoms with Crippen LogP contribution in [-0.2, 0) is 16.1 Å². The number of pyridine rings is 1. The molecule has 1 N–H and O–H groups in total. The van der Waals surface area contributed by atoms with Crippen LogP contribution in [0.2, 0.25) is 0 Å². The highest BCUT2D eigenvalue weighted by molar-refractivity contribution is 6.17. The van der Waals surface area contributed by atoms with Crippen LogP contribution in [0.5, 0.6) is 0 Å². The summed E-state index contributed by atoms with van der Waals surface area (Å²) in [7, 11) is 1.35. The van der Waals surface area contributed by atoms with Gasteiger partial charge in [-0.05, 0) is 56.7 Å². The molecule has 1 fully saturated rings. The third-order valence-corrected chi connectivity index (χ3v) is 7.94. The lowest BCUT2D eigenvalue weighted by Gasteiger charge is -2.35. The van der Waals surface area contributed by atoms with Crippen molar-refractivity contribution in [3.8, 4) is 0 Å². The first-order valence-electron chi connectivity index (χ1n) is 13.5. The summed E-state index contributed by atoms with van der Waals surface area (Å²) in [6.45, 7) is 11.7. The van der Waals surface area contributed by atoms with E-state index in [0.717, 1.165) is 17.7 Å². The minimum absolute atomic E-state index is 0. The van der Waals surface area contributed by atoms with Gasteiger partial charge in [-0.15, -0.1) is 6.58 Å². The van der Waals surface area contributed by atoms with E-state index in [4.69, 9.17) is 0 Å². The second-order valence-corrected chi connectivity index (χ2v) is 10.6. The van der Waals surface area contributed by atoms with Crippen LogP contribution in [0, 0.1) is 12.3 Å². The number of nitrogens with one attached hydrogen (secondary N) is 1. The van der Waals surface area contributed by atoms with E-state index in [2.05, 4.69) is 28.5 Å². The van der Waals surface area contributed by atoms with Crippen molar-refractivity contribution in [1.29, 1.82) is 0 Å². The van der Waals surface area contributed by atoms with Gasteiger partial charge in [0.05, 0.1) is 11.4 Å². The fourth-order valence-electron chi connectivity index (χ4n) is 5.21. The van der Waals surface area contributed by atoms with Crippen molar-refractivity contribution in [1.82, 2.24) is 10.3 Å². The van der Waals surface area contributed by atoms with E-state index in [1.165, 1.54) is 33.9 Å². The Morgan fingerprint density at radius 2 is 1.95 bits per heavy atom. The van der Waals surface area contributed by atoms with Crippen molar-refractivity contribution >= 4 is 17.3 Å². The molecule has 0 spiro atoms. The highest BCUT2D eigenvalue weighted by Crippen LogP contribution is 2.45. The molecular formula is C31H41F5N3O. The van der Waals surface area contributed by atoms with E-state index >= 15 is 13.2 Å². The number of aliphatic imine (C=N–C) groups is 1. The lowest BCUT2D eigenvalue weighted by molar-refractivity contribution is -0.115. The summed E-state index contributed by atoms with van der Waals surface area (Å²) in [6.07, 6.45) is 1.73. The van der Waals surface area contributed by atoms with E-state index in [1.54, 1.807) is 12.5 Å². The molecule has 2 aliphatic carbocycles. The smallest absolute Gasteiger partial charge is 0.273 e. The first-order valence-corrected chi connectivity index (χ1v) is 13.5. The first kappa shape index (κ1) is 31.4. The SMILES string of the molecule is C=CC(F)C1(c2cc(C(F)(F)CC)cc(/C(C)=C(/C(=NC)NC(=O)C3=C[CH]3)[C@@H](C)C(F)F)n2)CCCC(=C)CC1.[HH].[HH]. The maximum atomic E-state index is 15.7. The Morgan fingerprint density at radius 1 is 1.27 bits per heavy atom. The zero-order valence-corrected chi connectivity index (χ0v) is 23.5. The van der Waals surface area contributed by atoms with Gasteiger partial charge < -0.3 is 5.32 Å². The normalized spacial score (nSPS) is 22.2. The zero-order valence-electron chi connectivity index (χ0n) is 23.5. The summed E-state index contributed by atoms with van der Waals surface area (Å²) in [4.78, 5) is 21.2. The summed E-state index contributed by atoms with van der Waals surface area (Å²) in [5.74, 6) is -5.33. The van der Waals surface area contributed by atoms with Gasteiger partial charge in [-0.2, -0.15) is 0 Å². The van der Waals surface area contributed by atoms with Crippen molar-refractivity contribution in [2.75, 3.05) is 7.05 Å². The lowest BCUT2D eigenvalue weighted by atomic mass is 9.72. The Kier molecular flexibility index (Phi) is 9.90. The molecule has 0 aromatic carbocycles. The third-order valence-electron chi connectivity index (χ3n) is 7.94. The molecule has 1 heterocycles. The highest BCUT2D eigenvalue weighted by Gasteiger charge is 2.43. The van der Waals surface area contributed by atoms with Gasteiger partial charge in [-0.3, -0.25) is 14.8 Å². The number of hydrogen-bond donors (Lipinski definition) is 1. The number of carbonyl (C=O) groups is 1. The quantitative estimate of drug-likeness (QED) is 0.102. The van der Waals surface area contributed by atoms with Gasteiger partial charge in [0.2, 0.25) is 6.43 Å². The molecule has 1 radical (unpaired) electrons. The number of allylic oxidation sites excluding steroid dienone is 4. The molecule has 40 heavy (non-hydrogen) atoms. The van der Waals surface area contributed by atoms with Gasteiger partial charge >= 0.3 is 0 Å². The maximum absolute atomic E-state index is 15.7. The number of hydrogen-bond acceptors (Lipinski definition) is 3. The minimum Gasteiger partial charge on any atom is -0.307 e. The number of alkyl halides is 5. The molecule has 1 amide bonds. The van der Waals surface area contributed by atoms with Crippen LogP contribution in [0.1, 0.15) is 79.1 Å². The number of nitrogens with zero attached hydrogens (tertiary/aromatic N) is 2. The molecule has 9 heteroatoms. The van der Waals surface area contributed by atoms with Crippen LogP contribution in [0.25, 0.3) is 5.57 Å². The standard InChI is InChI=1S/C31H37F5N3O.2H2/c1-7-24(32)30(14-9-10-18(3)13-15-30)25-17-22(31(35,36)8-2)16-23(38-25)19(4)26(20(5)27(33)34)28(37-6)39-29(40)21-11-12-21;;/h7,11-12,16-17,20,24,27H,1,3,8-10,13-15H2,2,4-6H3,(H,37,39,40);2*1H/b26-19+;;/t20-,24?,30?;;/m1../s1. The number of amides is 1. The van der Waals surface area contributed by atoms with Gasteiger partial charge in [0.1, 0.15) is 12.0 Å². The Balaban J connectivity index is 0.00000441. The van der Waals surface area contributed by atoms with Crippen molar-refractivity contribution in [2.24, 2.45) is 10.9 Å². The second kappa shape index (κ2) is 12.6. The van der Waals surface area contributed by atoms with Crippen LogP contribution in [0.15, 0.2) is 59.2 Å². The number of carbonyl (C=O) groups excluding carboxylic acids is 1. The Hall–Kier alpha value is -3.10. The molecule has 1 aromatic heterocycles. The predicted octanol–water partition coefficient (Wildman–Crippen LogP) is 8.32. The van der Waals surface area contributed by atoms with Gasteiger partial charge in [-0.25, -0.2) is 22.0 Å². The van der Waals surface area contributed by atoms with Crippen LogP contribution < -0.4 is 5.32 Å². The van der Waals surface area contributed by atoms with E-state index in [0.29, 0.717) is 37.7 Å². The summed E-state index contributed by atoms with van der Waals surface area (Å²) in [6, 6.07) is 2.41. The summed E-state index contributed by atoms with van der Waals surface area (Å²) in [5, 5.41) is 2.56. The van der Waals surface area contributed by atoms with Crippen LogP contribution in [0.4, 0.5) is 22.0 Å². The van der Waals surface area contributed by atoms with Crippen LogP contribution in [0.3, 0.4) is 0 Å². The molecule has 2 aliphatic rings. The molecule has 0 aliphatic heterocycles. The number of aromatic nitrogens is 1. The highest BCUT2D eigenvalue weighted by atomic mass is 19.3. The van der Waals surface area contributed by atoms with E-state index in [1.807, 2.05) is 0 Å². The molecule has 3 atom stereocenters.